The maximum atomic E-state index is 11.2. The van der Waals surface area contributed by atoms with Gasteiger partial charge in [-0.15, -0.1) is 0 Å². The Morgan fingerprint density at radius 2 is 2.00 bits per heavy atom. The van der Waals surface area contributed by atoms with Gasteiger partial charge < -0.3 is 6.53 Å². The minimum atomic E-state index is -3.74. The summed E-state index contributed by atoms with van der Waals surface area (Å²) in [5.41, 5.74) is -0.178. The summed E-state index contributed by atoms with van der Waals surface area (Å²) < 4.78 is 24.1. The maximum absolute atomic E-state index is 11.2. The Morgan fingerprint density at radius 3 is 2.57 bits per heavy atom. The van der Waals surface area contributed by atoms with Gasteiger partial charge in [0.25, 0.3) is 15.9 Å². The number of phenols is 1. The van der Waals surface area contributed by atoms with Gasteiger partial charge in [-0.3, -0.25) is 4.79 Å². The van der Waals surface area contributed by atoms with Gasteiger partial charge in [-0.1, -0.05) is 6.07 Å². The molecule has 7 heteroatoms. The average Bonchev–Trinajstić information content (AvgIpc) is 2.24. The first-order valence-corrected chi connectivity index (χ1v) is 4.90. The van der Waals surface area contributed by atoms with Crippen LogP contribution in [0.25, 0.3) is 0 Å². The molecule has 5 nitrogen and oxygen atoms in total. The molecular formula is C7H6NNaO4S. The molecule has 0 saturated carbocycles. The number of aromatic hydroxyl groups is 1. The third kappa shape index (κ3) is 1.54. The third-order valence-corrected chi connectivity index (χ3v) is 3.12. The van der Waals surface area contributed by atoms with Crippen LogP contribution in [0.2, 0.25) is 0 Å². The van der Waals surface area contributed by atoms with E-state index in [1.807, 2.05) is 0 Å². The Balaban J connectivity index is 0.000000980. The van der Waals surface area contributed by atoms with Gasteiger partial charge in [0.2, 0.25) is 0 Å². The molecule has 1 aliphatic heterocycles. The molecule has 1 aromatic rings. The number of nitrogens with one attached hydrogen (secondary N) is 1. The fourth-order valence-electron chi connectivity index (χ4n) is 1.20. The molecule has 0 unspecified atom stereocenters. The second kappa shape index (κ2) is 3.54. The van der Waals surface area contributed by atoms with Crippen molar-refractivity contribution in [3.05, 3.63) is 23.8 Å². The van der Waals surface area contributed by atoms with E-state index in [1.165, 1.54) is 18.2 Å². The number of fused-ring (bicyclic) bond motifs is 1. The number of carbonyl (C=O) groups excluding carboxylic acids is 1. The largest absolute Gasteiger partial charge is 1.00 e. The van der Waals surface area contributed by atoms with Crippen molar-refractivity contribution in [1.29, 1.82) is 0 Å². The number of hydrogen-bond acceptors (Lipinski definition) is 4. The predicted octanol–water partition coefficient (Wildman–Crippen LogP) is -3.06. The summed E-state index contributed by atoms with van der Waals surface area (Å²) in [7, 11) is -3.74. The van der Waals surface area contributed by atoms with Crippen LogP contribution in [0.4, 0.5) is 0 Å². The van der Waals surface area contributed by atoms with Gasteiger partial charge in [0.05, 0.1) is 0 Å². The van der Waals surface area contributed by atoms with E-state index in [1.54, 1.807) is 4.72 Å². The molecule has 0 spiro atoms. The summed E-state index contributed by atoms with van der Waals surface area (Å²) >= 11 is 0. The molecule has 0 radical (unpaired) electrons. The molecule has 1 heterocycles. The van der Waals surface area contributed by atoms with Gasteiger partial charge in [-0.25, -0.2) is 13.1 Å². The molecular weight excluding hydrogens is 217 g/mol. The monoisotopic (exact) mass is 223 g/mol. The average molecular weight is 223 g/mol. The Hall–Kier alpha value is -0.560. The van der Waals surface area contributed by atoms with Crippen molar-refractivity contribution in [3.63, 3.8) is 0 Å². The smallest absolute Gasteiger partial charge is 1.00 e. The fraction of sp³-hybridized carbons (Fsp3) is 0. The standard InChI is InChI=1S/C7H5NO4S.Na.H/c9-4-2-1-3-5-6(4)7(10)8-13(5,11)12;;/h1-3,9H,(H,8,10);;/q;+1;-1. The van der Waals surface area contributed by atoms with Crippen LogP contribution in [0.3, 0.4) is 0 Å². The van der Waals surface area contributed by atoms with Gasteiger partial charge in [0, 0.05) is 0 Å². The van der Waals surface area contributed by atoms with Gasteiger partial charge in [-0.05, 0) is 12.1 Å². The molecule has 14 heavy (non-hydrogen) atoms. The number of phenolic OH excluding ortho intramolecular Hbond substituents is 1. The summed E-state index contributed by atoms with van der Waals surface area (Å²) in [5, 5.41) is 9.21. The first kappa shape index (κ1) is 11.5. The summed E-state index contributed by atoms with van der Waals surface area (Å²) in [5.74, 6) is -1.11. The van der Waals surface area contributed by atoms with Crippen LogP contribution in [0, 0.1) is 0 Å². The van der Waals surface area contributed by atoms with Crippen molar-refractivity contribution in [2.24, 2.45) is 0 Å². The van der Waals surface area contributed by atoms with E-state index in [9.17, 15) is 18.3 Å². The Bertz CT molecular complexity index is 502. The molecule has 0 aliphatic carbocycles. The molecule has 1 aromatic carbocycles. The second-order valence-electron chi connectivity index (χ2n) is 2.58. The number of rotatable bonds is 0. The van der Waals surface area contributed by atoms with E-state index in [-0.39, 0.29) is 47.2 Å². The Labute approximate surface area is 104 Å². The molecule has 2 N–H and O–H groups in total. The van der Waals surface area contributed by atoms with Crippen LogP contribution in [-0.2, 0) is 10.0 Å². The molecule has 2 rings (SSSR count). The minimum Gasteiger partial charge on any atom is -1.00 e. The predicted molar refractivity (Wildman–Crippen MR) is 43.9 cm³/mol. The fourth-order valence-corrected chi connectivity index (χ4v) is 2.38. The second-order valence-corrected chi connectivity index (χ2v) is 4.24. The van der Waals surface area contributed by atoms with E-state index in [0.717, 1.165) is 0 Å². The van der Waals surface area contributed by atoms with Crippen LogP contribution in [0.15, 0.2) is 23.1 Å². The summed E-state index contributed by atoms with van der Waals surface area (Å²) in [6, 6.07) is 3.90. The molecule has 0 atom stereocenters. The van der Waals surface area contributed by atoms with E-state index < -0.39 is 15.9 Å². The molecule has 0 fully saturated rings. The van der Waals surface area contributed by atoms with Crippen LogP contribution in [0.1, 0.15) is 11.8 Å². The van der Waals surface area contributed by atoms with Crippen molar-refractivity contribution in [3.8, 4) is 5.75 Å². The van der Waals surface area contributed by atoms with Gasteiger partial charge in [0.15, 0.2) is 0 Å². The normalized spacial score (nSPS) is 16.7. The van der Waals surface area contributed by atoms with E-state index in [4.69, 9.17) is 0 Å². The molecule has 0 saturated heterocycles. The molecule has 1 aliphatic rings. The van der Waals surface area contributed by atoms with Crippen molar-refractivity contribution < 1.29 is 49.3 Å². The quantitative estimate of drug-likeness (QED) is 0.457. The van der Waals surface area contributed by atoms with Gasteiger partial charge in [-0.2, -0.15) is 0 Å². The molecule has 0 aromatic heterocycles. The van der Waals surface area contributed by atoms with Crippen LogP contribution in [0.5, 0.6) is 5.75 Å². The van der Waals surface area contributed by atoms with Crippen molar-refractivity contribution >= 4 is 15.9 Å². The van der Waals surface area contributed by atoms with Crippen LogP contribution in [-0.4, -0.2) is 19.4 Å². The van der Waals surface area contributed by atoms with Crippen LogP contribution < -0.4 is 34.3 Å². The number of carbonyl (C=O) groups is 1. The van der Waals surface area contributed by atoms with Crippen LogP contribution >= 0.6 is 0 Å². The molecule has 1 amide bonds. The first-order chi connectivity index (χ1) is 6.02. The maximum Gasteiger partial charge on any atom is 1.00 e. The summed E-state index contributed by atoms with van der Waals surface area (Å²) in [6.07, 6.45) is 0. The van der Waals surface area contributed by atoms with E-state index in [0.29, 0.717) is 0 Å². The zero-order valence-electron chi connectivity index (χ0n) is 8.31. The molecule has 0 bridgehead atoms. The van der Waals surface area contributed by atoms with Crippen molar-refractivity contribution in [2.75, 3.05) is 0 Å². The summed E-state index contributed by atoms with van der Waals surface area (Å²) in [4.78, 5) is 10.9. The van der Waals surface area contributed by atoms with Gasteiger partial charge >= 0.3 is 29.6 Å². The number of amides is 1. The number of hydrogen-bond donors (Lipinski definition) is 2. The minimum absolute atomic E-state index is 0. The summed E-state index contributed by atoms with van der Waals surface area (Å²) in [6.45, 7) is 0. The molecule has 70 valence electrons. The topological polar surface area (TPSA) is 83.5 Å². The first-order valence-electron chi connectivity index (χ1n) is 3.41. The van der Waals surface area contributed by atoms with E-state index in [2.05, 4.69) is 0 Å². The third-order valence-electron chi connectivity index (χ3n) is 1.75. The van der Waals surface area contributed by atoms with Crippen molar-refractivity contribution in [1.82, 2.24) is 4.72 Å². The van der Waals surface area contributed by atoms with E-state index >= 15 is 0 Å². The number of sulfonamides is 1. The Kier molecular flexibility index (Phi) is 2.91. The van der Waals surface area contributed by atoms with Gasteiger partial charge in [0.1, 0.15) is 16.2 Å². The van der Waals surface area contributed by atoms with Crippen molar-refractivity contribution in [2.45, 2.75) is 4.90 Å². The SMILES string of the molecule is O=C1NS(=O)(=O)c2cccc(O)c21.[H-].[Na+]. The Morgan fingerprint density at radius 1 is 1.36 bits per heavy atom. The number of benzene rings is 1. The zero-order chi connectivity index (χ0) is 9.64. The zero-order valence-corrected chi connectivity index (χ0v) is 10.1.